The fourth-order valence-corrected chi connectivity index (χ4v) is 2.77. The van der Waals surface area contributed by atoms with E-state index >= 15 is 0 Å². The Bertz CT molecular complexity index is 864. The molecular formula is C16H14F2N4OS. The Balaban J connectivity index is 1.74. The number of hydrogen-bond donors (Lipinski definition) is 1. The van der Waals surface area contributed by atoms with Crippen LogP contribution < -0.4 is 5.32 Å². The van der Waals surface area contributed by atoms with Crippen LogP contribution in [0.15, 0.2) is 47.4 Å². The first-order valence-corrected chi connectivity index (χ1v) is 8.14. The highest BCUT2D eigenvalue weighted by Crippen LogP contribution is 2.26. The van der Waals surface area contributed by atoms with E-state index < -0.39 is 5.76 Å². The molecule has 5 nitrogen and oxygen atoms in total. The van der Waals surface area contributed by atoms with Gasteiger partial charge in [0.1, 0.15) is 5.52 Å². The molecule has 0 aliphatic rings. The Labute approximate surface area is 141 Å². The summed E-state index contributed by atoms with van der Waals surface area (Å²) in [5.41, 5.74) is 2.50. The fraction of sp³-hybridized carbons (Fsp3) is 0.188. The van der Waals surface area contributed by atoms with Gasteiger partial charge in [0.15, 0.2) is 0 Å². The molecular weight excluding hydrogens is 334 g/mol. The number of benzene rings is 2. The number of carbonyl (C=O) groups is 1. The number of aryl methyl sites for hydroxylation is 1. The van der Waals surface area contributed by atoms with Crippen molar-refractivity contribution in [2.45, 2.75) is 24.1 Å². The maximum Gasteiger partial charge on any atom is 0.288 e. The van der Waals surface area contributed by atoms with E-state index in [1.165, 1.54) is 0 Å². The SMILES string of the molecule is CCn1nnc2cc(C(=O)Nc3ccc(SC(F)F)cc3)ccc21. The fourth-order valence-electron chi connectivity index (χ4n) is 2.27. The Morgan fingerprint density at radius 3 is 2.67 bits per heavy atom. The molecule has 8 heteroatoms. The number of alkyl halides is 2. The number of anilines is 1. The number of amides is 1. The van der Waals surface area contributed by atoms with Crippen LogP contribution in [0.4, 0.5) is 14.5 Å². The molecule has 0 spiro atoms. The zero-order valence-corrected chi connectivity index (χ0v) is 13.6. The maximum absolute atomic E-state index is 12.3. The molecule has 1 heterocycles. The number of carbonyl (C=O) groups excluding carboxylic acids is 1. The normalized spacial score (nSPS) is 11.2. The summed E-state index contributed by atoms with van der Waals surface area (Å²) >= 11 is 0.465. The average Bonchev–Trinajstić information content (AvgIpc) is 2.98. The molecule has 0 fully saturated rings. The summed E-state index contributed by atoms with van der Waals surface area (Å²) in [6.45, 7) is 2.66. The van der Waals surface area contributed by atoms with Crippen LogP contribution in [0, 0.1) is 0 Å². The Morgan fingerprint density at radius 1 is 1.25 bits per heavy atom. The van der Waals surface area contributed by atoms with Gasteiger partial charge >= 0.3 is 0 Å². The van der Waals surface area contributed by atoms with Gasteiger partial charge in [-0.25, -0.2) is 4.68 Å². The first kappa shape index (κ1) is 16.4. The quantitative estimate of drug-likeness (QED) is 0.708. The Kier molecular flexibility index (Phi) is 4.75. The molecule has 0 saturated heterocycles. The lowest BCUT2D eigenvalue weighted by Gasteiger charge is -2.06. The lowest BCUT2D eigenvalue weighted by atomic mass is 10.2. The standard InChI is InChI=1S/C16H14F2N4OS/c1-2-22-14-8-3-10(9-13(14)20-21-22)15(23)19-11-4-6-12(7-5-11)24-16(17)18/h3-9,16H,2H2,1H3,(H,19,23). The van der Waals surface area contributed by atoms with Crippen molar-refractivity contribution in [3.05, 3.63) is 48.0 Å². The van der Waals surface area contributed by atoms with Crippen LogP contribution >= 0.6 is 11.8 Å². The van der Waals surface area contributed by atoms with Crippen LogP contribution in [-0.2, 0) is 6.54 Å². The van der Waals surface area contributed by atoms with E-state index in [-0.39, 0.29) is 5.91 Å². The second-order valence-electron chi connectivity index (χ2n) is 4.97. The van der Waals surface area contributed by atoms with E-state index in [4.69, 9.17) is 0 Å². The summed E-state index contributed by atoms with van der Waals surface area (Å²) in [7, 11) is 0. The minimum Gasteiger partial charge on any atom is -0.322 e. The van der Waals surface area contributed by atoms with Gasteiger partial charge in [-0.2, -0.15) is 8.78 Å². The molecule has 3 rings (SSSR count). The molecule has 0 bridgehead atoms. The molecule has 0 aliphatic heterocycles. The van der Waals surface area contributed by atoms with Crippen LogP contribution in [0.25, 0.3) is 11.0 Å². The van der Waals surface area contributed by atoms with E-state index in [1.54, 1.807) is 47.1 Å². The van der Waals surface area contributed by atoms with Gasteiger partial charge in [-0.3, -0.25) is 4.79 Å². The predicted octanol–water partition coefficient (Wildman–Crippen LogP) is 4.02. The van der Waals surface area contributed by atoms with Gasteiger partial charge in [0.2, 0.25) is 0 Å². The lowest BCUT2D eigenvalue weighted by Crippen LogP contribution is -2.11. The van der Waals surface area contributed by atoms with Crippen molar-refractivity contribution < 1.29 is 13.6 Å². The number of nitrogens with one attached hydrogen (secondary N) is 1. The van der Waals surface area contributed by atoms with Crippen molar-refractivity contribution in [3.63, 3.8) is 0 Å². The molecule has 0 saturated carbocycles. The van der Waals surface area contributed by atoms with Gasteiger partial charge in [-0.1, -0.05) is 17.0 Å². The van der Waals surface area contributed by atoms with E-state index in [0.717, 1.165) is 5.52 Å². The van der Waals surface area contributed by atoms with Gasteiger partial charge in [0.05, 0.1) is 5.52 Å². The molecule has 0 aliphatic carbocycles. The second kappa shape index (κ2) is 6.96. The maximum atomic E-state index is 12.3. The molecule has 124 valence electrons. The molecule has 0 radical (unpaired) electrons. The third-order valence-electron chi connectivity index (χ3n) is 3.41. The number of rotatable bonds is 5. The molecule has 2 aromatic carbocycles. The molecule has 0 unspecified atom stereocenters. The predicted molar refractivity (Wildman–Crippen MR) is 89.5 cm³/mol. The van der Waals surface area contributed by atoms with Crippen molar-refractivity contribution in [3.8, 4) is 0 Å². The van der Waals surface area contributed by atoms with Crippen LogP contribution in [0.1, 0.15) is 17.3 Å². The second-order valence-corrected chi connectivity index (χ2v) is 6.03. The van der Waals surface area contributed by atoms with E-state index in [1.807, 2.05) is 6.92 Å². The number of halogens is 2. The summed E-state index contributed by atoms with van der Waals surface area (Å²) < 4.78 is 26.3. The summed E-state index contributed by atoms with van der Waals surface area (Å²) in [4.78, 5) is 12.8. The minimum atomic E-state index is -2.46. The summed E-state index contributed by atoms with van der Waals surface area (Å²) in [6, 6.07) is 11.4. The van der Waals surface area contributed by atoms with Crippen LogP contribution in [0.3, 0.4) is 0 Å². The lowest BCUT2D eigenvalue weighted by molar-refractivity contribution is 0.102. The smallest absolute Gasteiger partial charge is 0.288 e. The van der Waals surface area contributed by atoms with Gasteiger partial charge in [0, 0.05) is 22.7 Å². The van der Waals surface area contributed by atoms with Gasteiger partial charge in [-0.15, -0.1) is 5.10 Å². The minimum absolute atomic E-state index is 0.294. The zero-order chi connectivity index (χ0) is 17.1. The van der Waals surface area contributed by atoms with Crippen LogP contribution in [0.2, 0.25) is 0 Å². The third kappa shape index (κ3) is 3.53. The van der Waals surface area contributed by atoms with Crippen molar-refractivity contribution in [2.75, 3.05) is 5.32 Å². The highest BCUT2D eigenvalue weighted by atomic mass is 32.2. The number of thioether (sulfide) groups is 1. The molecule has 1 amide bonds. The Morgan fingerprint density at radius 2 is 2.00 bits per heavy atom. The van der Waals surface area contributed by atoms with Gasteiger partial charge < -0.3 is 5.32 Å². The first-order valence-electron chi connectivity index (χ1n) is 7.26. The molecule has 3 aromatic rings. The number of nitrogens with zero attached hydrogens (tertiary/aromatic N) is 3. The molecule has 24 heavy (non-hydrogen) atoms. The Hall–Kier alpha value is -2.48. The molecule has 1 aromatic heterocycles. The summed E-state index contributed by atoms with van der Waals surface area (Å²) in [5, 5.41) is 10.8. The van der Waals surface area contributed by atoms with Crippen molar-refractivity contribution >= 4 is 34.4 Å². The highest BCUT2D eigenvalue weighted by molar-refractivity contribution is 7.99. The molecule has 0 atom stereocenters. The van der Waals surface area contributed by atoms with Crippen molar-refractivity contribution in [1.29, 1.82) is 0 Å². The van der Waals surface area contributed by atoms with Crippen molar-refractivity contribution in [2.24, 2.45) is 0 Å². The van der Waals surface area contributed by atoms with E-state index in [9.17, 15) is 13.6 Å². The first-order chi connectivity index (χ1) is 11.6. The summed E-state index contributed by atoms with van der Waals surface area (Å²) in [6.07, 6.45) is 0. The van der Waals surface area contributed by atoms with Crippen LogP contribution in [0.5, 0.6) is 0 Å². The summed E-state index contributed by atoms with van der Waals surface area (Å²) in [5.74, 6) is -2.76. The average molecular weight is 348 g/mol. The zero-order valence-electron chi connectivity index (χ0n) is 12.7. The van der Waals surface area contributed by atoms with E-state index in [2.05, 4.69) is 15.6 Å². The van der Waals surface area contributed by atoms with E-state index in [0.29, 0.717) is 40.0 Å². The number of hydrogen-bond acceptors (Lipinski definition) is 4. The highest BCUT2D eigenvalue weighted by Gasteiger charge is 2.11. The van der Waals surface area contributed by atoms with Crippen molar-refractivity contribution in [1.82, 2.24) is 15.0 Å². The van der Waals surface area contributed by atoms with Gasteiger partial charge in [0.25, 0.3) is 11.7 Å². The topological polar surface area (TPSA) is 59.8 Å². The largest absolute Gasteiger partial charge is 0.322 e. The van der Waals surface area contributed by atoms with Crippen LogP contribution in [-0.4, -0.2) is 26.7 Å². The number of fused-ring (bicyclic) bond motifs is 1. The molecule has 1 N–H and O–H groups in total. The third-order valence-corrected chi connectivity index (χ3v) is 4.14. The van der Waals surface area contributed by atoms with Gasteiger partial charge in [-0.05, 0) is 49.4 Å². The monoisotopic (exact) mass is 348 g/mol. The number of aromatic nitrogens is 3.